The highest BCUT2D eigenvalue weighted by Crippen LogP contribution is 2.30. The zero-order valence-corrected chi connectivity index (χ0v) is 25.3. The highest BCUT2D eigenvalue weighted by molar-refractivity contribution is 7.92. The van der Waals surface area contributed by atoms with Crippen LogP contribution >= 0.6 is 23.2 Å². The number of amides is 2. The quantitative estimate of drug-likeness (QED) is 0.235. The van der Waals surface area contributed by atoms with Crippen LogP contribution in [0, 0.1) is 6.92 Å². The standard InChI is InChI=1S/C30H35Cl2N3O4S/c1-4-6-18-33-30(37)27(5-2)34(20-23-12-10-11-15-26(23)32)29(36)21-35(28-19-24(31)17-16-22(28)3)40(38,39)25-13-8-7-9-14-25/h7-17,19,27H,4-6,18,20-21H2,1-3H3,(H,33,37). The molecule has 0 bridgehead atoms. The van der Waals surface area contributed by atoms with Crippen molar-refractivity contribution in [2.45, 2.75) is 57.5 Å². The number of anilines is 1. The Balaban J connectivity index is 2.07. The van der Waals surface area contributed by atoms with Crippen LogP contribution in [0.1, 0.15) is 44.2 Å². The highest BCUT2D eigenvalue weighted by atomic mass is 35.5. The van der Waals surface area contributed by atoms with Crippen molar-refractivity contribution >= 4 is 50.7 Å². The second-order valence-electron chi connectivity index (χ2n) is 9.44. The number of halogens is 2. The lowest BCUT2D eigenvalue weighted by atomic mass is 10.1. The number of unbranched alkanes of at least 4 members (excludes halogenated alkanes) is 1. The van der Waals surface area contributed by atoms with Crippen LogP contribution in [0.2, 0.25) is 10.0 Å². The molecule has 0 aromatic heterocycles. The molecule has 3 rings (SSSR count). The minimum Gasteiger partial charge on any atom is -0.354 e. The second-order valence-corrected chi connectivity index (χ2v) is 12.1. The predicted molar refractivity (Wildman–Crippen MR) is 161 cm³/mol. The first-order chi connectivity index (χ1) is 19.1. The Bertz CT molecular complexity index is 1420. The number of rotatable bonds is 13. The molecule has 1 unspecified atom stereocenters. The van der Waals surface area contributed by atoms with Gasteiger partial charge in [0.2, 0.25) is 11.8 Å². The third kappa shape index (κ3) is 7.77. The number of hydrogen-bond donors (Lipinski definition) is 1. The summed E-state index contributed by atoms with van der Waals surface area (Å²) < 4.78 is 28.9. The van der Waals surface area contributed by atoms with E-state index in [1.807, 2.05) is 13.8 Å². The molecule has 0 aliphatic rings. The molecular weight excluding hydrogens is 569 g/mol. The lowest BCUT2D eigenvalue weighted by molar-refractivity contribution is -0.140. The molecule has 40 heavy (non-hydrogen) atoms. The lowest BCUT2D eigenvalue weighted by Gasteiger charge is -2.33. The molecule has 7 nitrogen and oxygen atoms in total. The minimum atomic E-state index is -4.17. The Labute approximate surface area is 247 Å². The number of hydrogen-bond acceptors (Lipinski definition) is 4. The molecule has 0 radical (unpaired) electrons. The van der Waals surface area contributed by atoms with Gasteiger partial charge in [-0.3, -0.25) is 13.9 Å². The van der Waals surface area contributed by atoms with Crippen LogP contribution in [0.4, 0.5) is 5.69 Å². The molecule has 3 aromatic carbocycles. The summed E-state index contributed by atoms with van der Waals surface area (Å²) in [5.41, 5.74) is 1.55. The van der Waals surface area contributed by atoms with E-state index in [1.54, 1.807) is 61.5 Å². The predicted octanol–water partition coefficient (Wildman–Crippen LogP) is 6.22. The van der Waals surface area contributed by atoms with Crippen molar-refractivity contribution < 1.29 is 18.0 Å². The molecule has 2 amide bonds. The van der Waals surface area contributed by atoms with Gasteiger partial charge in [0.1, 0.15) is 12.6 Å². The van der Waals surface area contributed by atoms with Gasteiger partial charge in [0.15, 0.2) is 0 Å². The second kappa shape index (κ2) is 14.5. The monoisotopic (exact) mass is 603 g/mol. The van der Waals surface area contributed by atoms with Gasteiger partial charge in [0, 0.05) is 23.1 Å². The summed E-state index contributed by atoms with van der Waals surface area (Å²) in [6.07, 6.45) is 2.04. The molecule has 0 saturated carbocycles. The fraction of sp³-hybridized carbons (Fsp3) is 0.333. The van der Waals surface area contributed by atoms with Crippen LogP contribution in [0.3, 0.4) is 0 Å². The molecule has 1 N–H and O–H groups in total. The summed E-state index contributed by atoms with van der Waals surface area (Å²) in [5, 5.41) is 3.69. The first-order valence-electron chi connectivity index (χ1n) is 13.2. The fourth-order valence-electron chi connectivity index (χ4n) is 4.32. The maximum atomic E-state index is 14.1. The molecule has 214 valence electrons. The van der Waals surface area contributed by atoms with Crippen LogP contribution < -0.4 is 9.62 Å². The van der Waals surface area contributed by atoms with Gasteiger partial charge in [-0.15, -0.1) is 0 Å². The minimum absolute atomic E-state index is 0.0316. The largest absolute Gasteiger partial charge is 0.354 e. The Morgan fingerprint density at radius 1 is 0.950 bits per heavy atom. The van der Waals surface area contributed by atoms with Crippen molar-refractivity contribution in [2.75, 3.05) is 17.4 Å². The van der Waals surface area contributed by atoms with Crippen LogP contribution in [0.5, 0.6) is 0 Å². The van der Waals surface area contributed by atoms with E-state index in [4.69, 9.17) is 23.2 Å². The number of carbonyl (C=O) groups is 2. The summed E-state index contributed by atoms with van der Waals surface area (Å²) in [6, 6.07) is 19.0. The van der Waals surface area contributed by atoms with Gasteiger partial charge in [-0.05, 0) is 61.2 Å². The molecule has 1 atom stereocenters. The van der Waals surface area contributed by atoms with Crippen molar-refractivity contribution in [1.82, 2.24) is 10.2 Å². The molecule has 0 aliphatic carbocycles. The Morgan fingerprint density at radius 2 is 1.62 bits per heavy atom. The Kier molecular flexibility index (Phi) is 11.4. The van der Waals surface area contributed by atoms with Crippen LogP contribution in [0.15, 0.2) is 77.7 Å². The fourth-order valence-corrected chi connectivity index (χ4v) is 6.17. The summed E-state index contributed by atoms with van der Waals surface area (Å²) in [7, 11) is -4.17. The van der Waals surface area contributed by atoms with E-state index in [0.717, 1.165) is 17.1 Å². The summed E-state index contributed by atoms with van der Waals surface area (Å²) in [6.45, 7) is 5.57. The topological polar surface area (TPSA) is 86.8 Å². The molecule has 0 spiro atoms. The Hall–Kier alpha value is -3.07. The molecule has 0 fully saturated rings. The van der Waals surface area contributed by atoms with Crippen molar-refractivity contribution in [1.29, 1.82) is 0 Å². The first kappa shape index (κ1) is 31.5. The molecule has 0 aliphatic heterocycles. The van der Waals surface area contributed by atoms with Gasteiger partial charge in [0.05, 0.1) is 10.6 Å². The van der Waals surface area contributed by atoms with Gasteiger partial charge in [0.25, 0.3) is 10.0 Å². The third-order valence-corrected chi connectivity index (χ3v) is 8.94. The van der Waals surface area contributed by atoms with E-state index in [9.17, 15) is 18.0 Å². The van der Waals surface area contributed by atoms with Crippen LogP contribution in [0.25, 0.3) is 0 Å². The van der Waals surface area contributed by atoms with Gasteiger partial charge in [-0.2, -0.15) is 0 Å². The Morgan fingerprint density at radius 3 is 2.27 bits per heavy atom. The van der Waals surface area contributed by atoms with E-state index in [-0.39, 0.29) is 23.0 Å². The van der Waals surface area contributed by atoms with Crippen LogP contribution in [-0.2, 0) is 26.2 Å². The summed E-state index contributed by atoms with van der Waals surface area (Å²) in [4.78, 5) is 28.8. The molecule has 0 heterocycles. The normalized spacial score (nSPS) is 12.0. The zero-order chi connectivity index (χ0) is 29.3. The SMILES string of the molecule is CCCCNC(=O)C(CC)N(Cc1ccccc1Cl)C(=O)CN(c1cc(Cl)ccc1C)S(=O)(=O)c1ccccc1. The lowest BCUT2D eigenvalue weighted by Crippen LogP contribution is -2.52. The number of benzene rings is 3. The zero-order valence-electron chi connectivity index (χ0n) is 22.9. The van der Waals surface area contributed by atoms with E-state index in [1.165, 1.54) is 23.1 Å². The smallest absolute Gasteiger partial charge is 0.264 e. The maximum absolute atomic E-state index is 14.1. The average Bonchev–Trinajstić information content (AvgIpc) is 2.94. The molecular formula is C30H35Cl2N3O4S. The van der Waals surface area contributed by atoms with Gasteiger partial charge in [-0.25, -0.2) is 8.42 Å². The summed E-state index contributed by atoms with van der Waals surface area (Å²) in [5.74, 6) is -0.843. The molecule has 0 saturated heterocycles. The number of nitrogens with one attached hydrogen (secondary N) is 1. The van der Waals surface area contributed by atoms with Crippen molar-refractivity contribution in [3.05, 3.63) is 94.0 Å². The highest BCUT2D eigenvalue weighted by Gasteiger charge is 2.34. The van der Waals surface area contributed by atoms with Gasteiger partial charge >= 0.3 is 0 Å². The number of nitrogens with zero attached hydrogens (tertiary/aromatic N) is 2. The number of carbonyl (C=O) groups excluding carboxylic acids is 2. The molecule has 3 aromatic rings. The van der Waals surface area contributed by atoms with E-state index in [0.29, 0.717) is 34.1 Å². The molecule has 10 heteroatoms. The third-order valence-electron chi connectivity index (χ3n) is 6.56. The van der Waals surface area contributed by atoms with Crippen molar-refractivity contribution in [3.8, 4) is 0 Å². The van der Waals surface area contributed by atoms with Gasteiger partial charge in [-0.1, -0.05) is 85.9 Å². The van der Waals surface area contributed by atoms with E-state index < -0.39 is 28.5 Å². The number of sulfonamides is 1. The van der Waals surface area contributed by atoms with Crippen molar-refractivity contribution in [3.63, 3.8) is 0 Å². The number of aryl methyl sites for hydroxylation is 1. The van der Waals surface area contributed by atoms with E-state index >= 15 is 0 Å². The summed E-state index contributed by atoms with van der Waals surface area (Å²) >= 11 is 12.7. The maximum Gasteiger partial charge on any atom is 0.264 e. The van der Waals surface area contributed by atoms with E-state index in [2.05, 4.69) is 5.32 Å². The van der Waals surface area contributed by atoms with Gasteiger partial charge < -0.3 is 10.2 Å². The van der Waals surface area contributed by atoms with Crippen molar-refractivity contribution in [2.24, 2.45) is 0 Å². The van der Waals surface area contributed by atoms with Crippen LogP contribution in [-0.4, -0.2) is 44.3 Å². The average molecular weight is 605 g/mol. The first-order valence-corrected chi connectivity index (χ1v) is 15.4.